The van der Waals surface area contributed by atoms with E-state index in [1.165, 1.54) is 0 Å². The van der Waals surface area contributed by atoms with Gasteiger partial charge in [-0.1, -0.05) is 38.8 Å². The molecule has 1 aromatic carbocycles. The van der Waals surface area contributed by atoms with Crippen LogP contribution in [0, 0.1) is 11.3 Å². The van der Waals surface area contributed by atoms with E-state index >= 15 is 0 Å². The SMILES string of the molecule is CC(C)C(=O)Nc1ccc(CNC(=O)C2(CN)CCCC2)cc1.Cl. The maximum atomic E-state index is 12.4. The molecule has 1 aromatic rings. The molecule has 1 saturated carbocycles. The summed E-state index contributed by atoms with van der Waals surface area (Å²) in [6, 6.07) is 7.55. The standard InChI is InChI=1S/C18H27N3O2.ClH/c1-13(2)16(22)21-15-7-5-14(6-8-15)11-20-17(23)18(12-19)9-3-4-10-18;/h5-8,13H,3-4,9-12,19H2,1-2H3,(H,20,23)(H,21,22);1H. The molecule has 24 heavy (non-hydrogen) atoms. The fraction of sp³-hybridized carbons (Fsp3) is 0.556. The van der Waals surface area contributed by atoms with Crippen LogP contribution < -0.4 is 16.4 Å². The minimum atomic E-state index is -0.370. The number of benzene rings is 1. The minimum absolute atomic E-state index is 0. The van der Waals surface area contributed by atoms with Gasteiger partial charge in [-0.25, -0.2) is 0 Å². The summed E-state index contributed by atoms with van der Waals surface area (Å²) in [7, 11) is 0. The third kappa shape index (κ3) is 4.95. The van der Waals surface area contributed by atoms with E-state index in [0.717, 1.165) is 36.9 Å². The fourth-order valence-electron chi connectivity index (χ4n) is 2.94. The van der Waals surface area contributed by atoms with E-state index in [0.29, 0.717) is 13.1 Å². The number of nitrogens with two attached hydrogens (primary N) is 1. The highest BCUT2D eigenvalue weighted by Gasteiger charge is 2.39. The zero-order chi connectivity index (χ0) is 16.9. The average molecular weight is 354 g/mol. The van der Waals surface area contributed by atoms with Gasteiger partial charge in [0.2, 0.25) is 11.8 Å². The average Bonchev–Trinajstić information content (AvgIpc) is 3.04. The molecule has 1 aliphatic rings. The van der Waals surface area contributed by atoms with Crippen molar-refractivity contribution in [3.8, 4) is 0 Å². The van der Waals surface area contributed by atoms with Crippen LogP contribution in [0.4, 0.5) is 5.69 Å². The van der Waals surface area contributed by atoms with Crippen LogP contribution in [-0.4, -0.2) is 18.4 Å². The summed E-state index contributed by atoms with van der Waals surface area (Å²) in [5, 5.41) is 5.86. The Labute approximate surface area is 150 Å². The minimum Gasteiger partial charge on any atom is -0.352 e. The van der Waals surface area contributed by atoms with E-state index in [2.05, 4.69) is 10.6 Å². The molecule has 6 heteroatoms. The van der Waals surface area contributed by atoms with Crippen molar-refractivity contribution in [1.82, 2.24) is 5.32 Å². The largest absolute Gasteiger partial charge is 0.352 e. The van der Waals surface area contributed by atoms with Gasteiger partial charge in [-0.15, -0.1) is 12.4 Å². The molecule has 1 aliphatic carbocycles. The third-order valence-electron chi connectivity index (χ3n) is 4.63. The lowest BCUT2D eigenvalue weighted by Gasteiger charge is -2.25. The van der Waals surface area contributed by atoms with Crippen molar-refractivity contribution in [2.24, 2.45) is 17.1 Å². The smallest absolute Gasteiger partial charge is 0.227 e. The molecule has 2 amide bonds. The van der Waals surface area contributed by atoms with Crippen LogP contribution >= 0.6 is 12.4 Å². The summed E-state index contributed by atoms with van der Waals surface area (Å²) in [6.45, 7) is 4.61. The summed E-state index contributed by atoms with van der Waals surface area (Å²) in [5.41, 5.74) is 7.24. The summed E-state index contributed by atoms with van der Waals surface area (Å²) in [5.74, 6) is 0.0136. The Morgan fingerprint density at radius 1 is 1.17 bits per heavy atom. The Morgan fingerprint density at radius 2 is 1.75 bits per heavy atom. The Morgan fingerprint density at radius 3 is 2.25 bits per heavy atom. The predicted octanol–water partition coefficient (Wildman–Crippen LogP) is 2.84. The lowest BCUT2D eigenvalue weighted by atomic mass is 9.85. The van der Waals surface area contributed by atoms with Gasteiger partial charge in [0, 0.05) is 24.7 Å². The van der Waals surface area contributed by atoms with Crippen LogP contribution in [0.3, 0.4) is 0 Å². The first-order chi connectivity index (χ1) is 11.0. The molecule has 0 atom stereocenters. The molecule has 2 rings (SSSR count). The van der Waals surface area contributed by atoms with Gasteiger partial charge in [0.25, 0.3) is 0 Å². The highest BCUT2D eigenvalue weighted by Crippen LogP contribution is 2.37. The van der Waals surface area contributed by atoms with Crippen LogP contribution in [0.5, 0.6) is 0 Å². The maximum Gasteiger partial charge on any atom is 0.227 e. The van der Waals surface area contributed by atoms with Crippen molar-refractivity contribution in [3.05, 3.63) is 29.8 Å². The first-order valence-corrected chi connectivity index (χ1v) is 8.35. The van der Waals surface area contributed by atoms with E-state index in [1.54, 1.807) is 0 Å². The maximum absolute atomic E-state index is 12.4. The van der Waals surface area contributed by atoms with Crippen LogP contribution in [0.15, 0.2) is 24.3 Å². The quantitative estimate of drug-likeness (QED) is 0.735. The lowest BCUT2D eigenvalue weighted by molar-refractivity contribution is -0.130. The second kappa shape index (κ2) is 9.04. The topological polar surface area (TPSA) is 84.2 Å². The molecule has 4 N–H and O–H groups in total. The van der Waals surface area contributed by atoms with E-state index in [4.69, 9.17) is 5.73 Å². The van der Waals surface area contributed by atoms with Gasteiger partial charge < -0.3 is 16.4 Å². The molecule has 0 aromatic heterocycles. The Bertz CT molecular complexity index is 552. The van der Waals surface area contributed by atoms with Crippen LogP contribution in [0.25, 0.3) is 0 Å². The molecule has 0 radical (unpaired) electrons. The first-order valence-electron chi connectivity index (χ1n) is 8.35. The monoisotopic (exact) mass is 353 g/mol. The zero-order valence-corrected chi connectivity index (χ0v) is 15.2. The van der Waals surface area contributed by atoms with Crippen molar-refractivity contribution < 1.29 is 9.59 Å². The molecule has 1 fully saturated rings. The van der Waals surface area contributed by atoms with Crippen LogP contribution in [-0.2, 0) is 16.1 Å². The molecule has 0 bridgehead atoms. The number of nitrogens with one attached hydrogen (secondary N) is 2. The number of amides is 2. The predicted molar refractivity (Wildman–Crippen MR) is 99.0 cm³/mol. The van der Waals surface area contributed by atoms with E-state index < -0.39 is 0 Å². The van der Waals surface area contributed by atoms with Crippen molar-refractivity contribution in [1.29, 1.82) is 0 Å². The molecule has 134 valence electrons. The van der Waals surface area contributed by atoms with E-state index in [-0.39, 0.29) is 35.6 Å². The number of hydrogen-bond donors (Lipinski definition) is 3. The van der Waals surface area contributed by atoms with Crippen molar-refractivity contribution >= 4 is 29.9 Å². The molecule has 0 unspecified atom stereocenters. The van der Waals surface area contributed by atoms with Gasteiger partial charge in [0.05, 0.1) is 5.41 Å². The second-order valence-corrected chi connectivity index (χ2v) is 6.72. The number of carbonyl (C=O) groups is 2. The van der Waals surface area contributed by atoms with Gasteiger partial charge in [0.1, 0.15) is 0 Å². The van der Waals surface area contributed by atoms with E-state index in [1.807, 2.05) is 38.1 Å². The van der Waals surface area contributed by atoms with E-state index in [9.17, 15) is 9.59 Å². The van der Waals surface area contributed by atoms with Crippen LogP contribution in [0.2, 0.25) is 0 Å². The van der Waals surface area contributed by atoms with Crippen molar-refractivity contribution in [2.75, 3.05) is 11.9 Å². The molecule has 0 saturated heterocycles. The number of hydrogen-bond acceptors (Lipinski definition) is 3. The molecule has 0 heterocycles. The Balaban J connectivity index is 0.00000288. The van der Waals surface area contributed by atoms with Gasteiger partial charge in [-0.05, 0) is 30.5 Å². The summed E-state index contributed by atoms with van der Waals surface area (Å²) in [4.78, 5) is 24.1. The zero-order valence-electron chi connectivity index (χ0n) is 14.4. The highest BCUT2D eigenvalue weighted by molar-refractivity contribution is 5.92. The normalized spacial score (nSPS) is 15.7. The number of rotatable bonds is 6. The molecule has 5 nitrogen and oxygen atoms in total. The Kier molecular flexibility index (Phi) is 7.70. The molecule has 0 spiro atoms. The Hall–Kier alpha value is -1.59. The fourth-order valence-corrected chi connectivity index (χ4v) is 2.94. The van der Waals surface area contributed by atoms with Crippen molar-refractivity contribution in [2.45, 2.75) is 46.1 Å². The summed E-state index contributed by atoms with van der Waals surface area (Å²) >= 11 is 0. The molecular formula is C18H28ClN3O2. The molecule has 0 aliphatic heterocycles. The van der Waals surface area contributed by atoms with Crippen LogP contribution in [0.1, 0.15) is 45.1 Å². The number of halogens is 1. The first kappa shape index (κ1) is 20.5. The number of carbonyl (C=O) groups excluding carboxylic acids is 2. The molecular weight excluding hydrogens is 326 g/mol. The van der Waals surface area contributed by atoms with Gasteiger partial charge in [-0.2, -0.15) is 0 Å². The summed E-state index contributed by atoms with van der Waals surface area (Å²) < 4.78 is 0. The summed E-state index contributed by atoms with van der Waals surface area (Å²) in [6.07, 6.45) is 3.93. The van der Waals surface area contributed by atoms with Gasteiger partial charge >= 0.3 is 0 Å². The third-order valence-corrected chi connectivity index (χ3v) is 4.63. The second-order valence-electron chi connectivity index (χ2n) is 6.72. The van der Waals surface area contributed by atoms with Gasteiger partial charge in [0.15, 0.2) is 0 Å². The lowest BCUT2D eigenvalue weighted by Crippen LogP contribution is -2.43. The number of anilines is 1. The van der Waals surface area contributed by atoms with Gasteiger partial charge in [-0.3, -0.25) is 9.59 Å². The highest BCUT2D eigenvalue weighted by atomic mass is 35.5. The van der Waals surface area contributed by atoms with Crippen molar-refractivity contribution in [3.63, 3.8) is 0 Å².